The number of aryl methyl sites for hydroxylation is 1. The summed E-state index contributed by atoms with van der Waals surface area (Å²) < 4.78 is 2.02. The molecule has 0 aliphatic carbocycles. The van der Waals surface area contributed by atoms with Crippen molar-refractivity contribution in [2.75, 3.05) is 5.32 Å². The number of halogens is 2. The molecule has 0 heterocycles. The van der Waals surface area contributed by atoms with Gasteiger partial charge in [-0.15, -0.1) is 0 Å². The zero-order chi connectivity index (χ0) is 13.1. The summed E-state index contributed by atoms with van der Waals surface area (Å²) in [6, 6.07) is 11.7. The lowest BCUT2D eigenvalue weighted by Crippen LogP contribution is -2.00. The zero-order valence-electron chi connectivity index (χ0n) is 9.87. The fourth-order valence-electron chi connectivity index (χ4n) is 1.69. The van der Waals surface area contributed by atoms with E-state index in [9.17, 15) is 5.11 Å². The van der Waals surface area contributed by atoms with Crippen LogP contribution in [0.4, 0.5) is 5.69 Å². The number of hydrogen-bond acceptors (Lipinski definition) is 2. The quantitative estimate of drug-likeness (QED) is 0.810. The van der Waals surface area contributed by atoms with Crippen molar-refractivity contribution < 1.29 is 5.11 Å². The maximum atomic E-state index is 9.93. The number of rotatable bonds is 3. The third-order valence-corrected chi connectivity index (χ3v) is 3.87. The van der Waals surface area contributed by atoms with Crippen molar-refractivity contribution in [1.82, 2.24) is 0 Å². The molecule has 2 nitrogen and oxygen atoms in total. The molecular weight excluding hydrogens is 358 g/mol. The predicted molar refractivity (Wildman–Crippen MR) is 82.0 cm³/mol. The highest BCUT2D eigenvalue weighted by Gasteiger charge is 2.05. The smallest absolute Gasteiger partial charge is 0.123 e. The Morgan fingerprint density at radius 1 is 1.17 bits per heavy atom. The molecule has 0 saturated heterocycles. The maximum Gasteiger partial charge on any atom is 0.123 e. The molecule has 0 atom stereocenters. The largest absolute Gasteiger partial charge is 0.507 e. The van der Waals surface area contributed by atoms with Crippen molar-refractivity contribution in [3.63, 3.8) is 0 Å². The van der Waals surface area contributed by atoms with Crippen molar-refractivity contribution in [3.05, 3.63) is 56.5 Å². The topological polar surface area (TPSA) is 32.3 Å². The number of phenolic OH excluding ortho intramolecular Hbond substituents is 1. The van der Waals surface area contributed by atoms with Gasteiger partial charge in [-0.05, 0) is 46.6 Å². The summed E-state index contributed by atoms with van der Waals surface area (Å²) >= 11 is 6.91. The monoisotopic (exact) mass is 369 g/mol. The highest BCUT2D eigenvalue weighted by molar-refractivity contribution is 9.11. The number of phenols is 1. The second-order valence-electron chi connectivity index (χ2n) is 4.06. The Kier molecular flexibility index (Phi) is 4.30. The fourth-order valence-corrected chi connectivity index (χ4v) is 2.87. The van der Waals surface area contributed by atoms with Crippen LogP contribution in [0, 0.1) is 6.92 Å². The molecule has 0 spiro atoms. The van der Waals surface area contributed by atoms with E-state index in [0.29, 0.717) is 12.3 Å². The summed E-state index contributed by atoms with van der Waals surface area (Å²) in [7, 11) is 0. The number of nitrogens with one attached hydrogen (secondary N) is 1. The van der Waals surface area contributed by atoms with E-state index in [2.05, 4.69) is 37.2 Å². The summed E-state index contributed by atoms with van der Waals surface area (Å²) in [5.41, 5.74) is 2.79. The third-order valence-electron chi connectivity index (χ3n) is 2.72. The Balaban J connectivity index is 2.14. The van der Waals surface area contributed by atoms with Gasteiger partial charge in [-0.25, -0.2) is 0 Å². The molecule has 18 heavy (non-hydrogen) atoms. The van der Waals surface area contributed by atoms with Gasteiger partial charge in [0.15, 0.2) is 0 Å². The third kappa shape index (κ3) is 3.06. The van der Waals surface area contributed by atoms with Crippen LogP contribution < -0.4 is 5.32 Å². The number of anilines is 1. The summed E-state index contributed by atoms with van der Waals surface area (Å²) in [6.07, 6.45) is 0. The normalized spacial score (nSPS) is 10.4. The van der Waals surface area contributed by atoms with E-state index in [4.69, 9.17) is 0 Å². The van der Waals surface area contributed by atoms with Crippen molar-refractivity contribution in [2.45, 2.75) is 13.5 Å². The summed E-state index contributed by atoms with van der Waals surface area (Å²) in [6.45, 7) is 2.49. The first-order valence-corrected chi connectivity index (χ1v) is 7.13. The van der Waals surface area contributed by atoms with Crippen LogP contribution in [0.1, 0.15) is 11.1 Å². The molecule has 0 aromatic heterocycles. The molecule has 0 saturated carbocycles. The number of hydrogen-bond donors (Lipinski definition) is 2. The van der Waals surface area contributed by atoms with Crippen LogP contribution in [-0.2, 0) is 6.54 Å². The zero-order valence-corrected chi connectivity index (χ0v) is 13.0. The van der Waals surface area contributed by atoms with Gasteiger partial charge in [-0.3, -0.25) is 0 Å². The Labute approximate surface area is 123 Å². The second kappa shape index (κ2) is 5.76. The van der Waals surface area contributed by atoms with Crippen molar-refractivity contribution in [3.8, 4) is 5.75 Å². The highest BCUT2D eigenvalue weighted by atomic mass is 79.9. The summed E-state index contributed by atoms with van der Waals surface area (Å²) in [5.74, 6) is 0.359. The predicted octanol–water partition coefficient (Wildman–Crippen LogP) is 4.84. The summed E-state index contributed by atoms with van der Waals surface area (Å²) in [5, 5.41) is 13.2. The van der Waals surface area contributed by atoms with Gasteiger partial charge in [0, 0.05) is 26.7 Å². The maximum absolute atomic E-state index is 9.93. The molecule has 2 N–H and O–H groups in total. The lowest BCUT2D eigenvalue weighted by atomic mass is 10.1. The molecule has 2 aromatic rings. The molecule has 2 aromatic carbocycles. The summed E-state index contributed by atoms with van der Waals surface area (Å²) in [4.78, 5) is 0. The molecule has 0 radical (unpaired) electrons. The Hall–Kier alpha value is -1.00. The number of benzene rings is 2. The fraction of sp³-hybridized carbons (Fsp3) is 0.143. The van der Waals surface area contributed by atoms with Crippen molar-refractivity contribution >= 4 is 37.5 Å². The van der Waals surface area contributed by atoms with E-state index in [1.54, 1.807) is 0 Å². The number of para-hydroxylation sites is 1. The van der Waals surface area contributed by atoms with Crippen LogP contribution >= 0.6 is 31.9 Å². The van der Waals surface area contributed by atoms with Gasteiger partial charge in [0.1, 0.15) is 5.75 Å². The van der Waals surface area contributed by atoms with Gasteiger partial charge < -0.3 is 10.4 Å². The van der Waals surface area contributed by atoms with E-state index in [1.807, 2.05) is 43.3 Å². The van der Waals surface area contributed by atoms with E-state index in [0.717, 1.165) is 25.8 Å². The molecule has 0 amide bonds. The van der Waals surface area contributed by atoms with Crippen LogP contribution in [0.15, 0.2) is 45.3 Å². The van der Waals surface area contributed by atoms with Crippen LogP contribution in [0.2, 0.25) is 0 Å². The lowest BCUT2D eigenvalue weighted by Gasteiger charge is -2.11. The highest BCUT2D eigenvalue weighted by Crippen LogP contribution is 2.28. The molecule has 0 unspecified atom stereocenters. The van der Waals surface area contributed by atoms with Gasteiger partial charge in [-0.2, -0.15) is 0 Å². The van der Waals surface area contributed by atoms with Gasteiger partial charge in [0.2, 0.25) is 0 Å². The Morgan fingerprint density at radius 3 is 2.67 bits per heavy atom. The minimum Gasteiger partial charge on any atom is -0.507 e. The molecule has 0 aliphatic rings. The second-order valence-corrected chi connectivity index (χ2v) is 5.83. The Morgan fingerprint density at radius 2 is 1.94 bits per heavy atom. The average Bonchev–Trinajstić information content (AvgIpc) is 2.33. The van der Waals surface area contributed by atoms with E-state index in [-0.39, 0.29) is 0 Å². The standard InChI is InChI=1S/C14H13Br2NO/c1-9-3-2-4-10(14(9)18)8-17-13-6-5-11(15)7-12(13)16/h2-7,17-18H,8H2,1H3. The van der Waals surface area contributed by atoms with Gasteiger partial charge in [0.25, 0.3) is 0 Å². The van der Waals surface area contributed by atoms with E-state index in [1.165, 1.54) is 0 Å². The molecular formula is C14H13Br2NO. The van der Waals surface area contributed by atoms with E-state index >= 15 is 0 Å². The molecule has 2 rings (SSSR count). The van der Waals surface area contributed by atoms with Crippen LogP contribution in [0.3, 0.4) is 0 Å². The SMILES string of the molecule is Cc1cccc(CNc2ccc(Br)cc2Br)c1O. The molecule has 0 aliphatic heterocycles. The first-order valence-electron chi connectivity index (χ1n) is 5.54. The average molecular weight is 371 g/mol. The van der Waals surface area contributed by atoms with Gasteiger partial charge in [-0.1, -0.05) is 34.1 Å². The minimum absolute atomic E-state index is 0.359. The lowest BCUT2D eigenvalue weighted by molar-refractivity contribution is 0.465. The minimum atomic E-state index is 0.359. The molecule has 0 fully saturated rings. The molecule has 0 bridgehead atoms. The van der Waals surface area contributed by atoms with Crippen LogP contribution in [0.5, 0.6) is 5.75 Å². The van der Waals surface area contributed by atoms with Gasteiger partial charge >= 0.3 is 0 Å². The van der Waals surface area contributed by atoms with Crippen LogP contribution in [-0.4, -0.2) is 5.11 Å². The van der Waals surface area contributed by atoms with Crippen molar-refractivity contribution in [1.29, 1.82) is 0 Å². The van der Waals surface area contributed by atoms with Gasteiger partial charge in [0.05, 0.1) is 0 Å². The van der Waals surface area contributed by atoms with Crippen LogP contribution in [0.25, 0.3) is 0 Å². The Bertz CT molecular complexity index is 570. The number of aromatic hydroxyl groups is 1. The first kappa shape index (κ1) is 13.4. The molecule has 94 valence electrons. The van der Waals surface area contributed by atoms with Crippen molar-refractivity contribution in [2.24, 2.45) is 0 Å². The van der Waals surface area contributed by atoms with E-state index < -0.39 is 0 Å². The molecule has 4 heteroatoms. The first-order chi connectivity index (χ1) is 8.58.